The average Bonchev–Trinajstić information content (AvgIpc) is 2.17. The number of methoxy groups -OCH3 is 1. The Morgan fingerprint density at radius 3 is 2.53 bits per heavy atom. The van der Waals surface area contributed by atoms with Crippen LogP contribution in [0.3, 0.4) is 0 Å². The number of aryl methyl sites for hydroxylation is 1. The quantitative estimate of drug-likeness (QED) is 0.571. The molecule has 0 heterocycles. The van der Waals surface area contributed by atoms with E-state index in [0.717, 1.165) is 6.08 Å². The molecule has 0 aliphatic rings. The molecule has 0 aliphatic carbocycles. The maximum absolute atomic E-state index is 11.4. The fraction of sp³-hybridized carbons (Fsp3) is 0.222. The molecule has 0 aromatic heterocycles. The molecule has 6 heteroatoms. The summed E-state index contributed by atoms with van der Waals surface area (Å²) in [6.07, 6.45) is 1.02. The number of hydrogen-bond acceptors (Lipinski definition) is 4. The van der Waals surface area contributed by atoms with E-state index < -0.39 is 10.0 Å². The summed E-state index contributed by atoms with van der Waals surface area (Å²) in [4.78, 5) is 9.91. The lowest BCUT2D eigenvalue weighted by molar-refractivity contribution is 0.414. The summed E-state index contributed by atoms with van der Waals surface area (Å²) >= 11 is 0. The van der Waals surface area contributed by atoms with E-state index in [0.29, 0.717) is 11.3 Å². The molecule has 0 radical (unpaired) electrons. The van der Waals surface area contributed by atoms with Gasteiger partial charge in [-0.3, -0.25) is 0 Å². The Morgan fingerprint density at radius 2 is 2.07 bits per heavy atom. The second-order valence-corrected chi connectivity index (χ2v) is 4.36. The first-order chi connectivity index (χ1) is 7.01. The number of nitrogens with zero attached hydrogens (tertiary/aromatic N) is 1. The van der Waals surface area contributed by atoms with Crippen LogP contribution in [-0.2, 0) is 14.8 Å². The number of isocyanates is 1. The molecule has 0 amide bonds. The number of ether oxygens (including phenoxy) is 1. The van der Waals surface area contributed by atoms with Gasteiger partial charge in [-0.1, -0.05) is 4.40 Å². The summed E-state index contributed by atoms with van der Waals surface area (Å²) < 4.78 is 30.5. The van der Waals surface area contributed by atoms with Crippen molar-refractivity contribution in [2.24, 2.45) is 4.40 Å². The largest absolute Gasteiger partial charge is 0.497 e. The lowest BCUT2D eigenvalue weighted by Crippen LogP contribution is -1.99. The Balaban J connectivity index is 3.34. The first-order valence-electron chi connectivity index (χ1n) is 4.00. The van der Waals surface area contributed by atoms with Gasteiger partial charge in [0.15, 0.2) is 0 Å². The second kappa shape index (κ2) is 4.25. The van der Waals surface area contributed by atoms with Gasteiger partial charge >= 0.3 is 0 Å². The van der Waals surface area contributed by atoms with Gasteiger partial charge in [0.1, 0.15) is 5.75 Å². The molecule has 0 N–H and O–H groups in total. The summed E-state index contributed by atoms with van der Waals surface area (Å²) in [7, 11) is -2.44. The summed E-state index contributed by atoms with van der Waals surface area (Å²) in [5.74, 6) is 0.543. The molecule has 1 rings (SSSR count). The van der Waals surface area contributed by atoms with Crippen molar-refractivity contribution in [2.45, 2.75) is 11.8 Å². The highest BCUT2D eigenvalue weighted by atomic mass is 32.2. The summed E-state index contributed by atoms with van der Waals surface area (Å²) in [5, 5.41) is 0. The molecule has 0 unspecified atom stereocenters. The molecule has 0 saturated carbocycles. The number of benzene rings is 1. The van der Waals surface area contributed by atoms with Gasteiger partial charge in [-0.15, -0.1) is 0 Å². The minimum Gasteiger partial charge on any atom is -0.497 e. The monoisotopic (exact) mass is 227 g/mol. The second-order valence-electron chi connectivity index (χ2n) is 2.79. The highest BCUT2D eigenvalue weighted by molar-refractivity contribution is 7.90. The number of carbonyl (C=O) groups excluding carboxylic acids is 1. The first kappa shape index (κ1) is 11.4. The van der Waals surface area contributed by atoms with Crippen LogP contribution in [0.15, 0.2) is 27.5 Å². The highest BCUT2D eigenvalue weighted by Crippen LogP contribution is 2.22. The predicted molar refractivity (Wildman–Crippen MR) is 53.0 cm³/mol. The fourth-order valence-corrected chi connectivity index (χ4v) is 2.04. The van der Waals surface area contributed by atoms with Gasteiger partial charge in [-0.25, -0.2) is 4.79 Å². The van der Waals surface area contributed by atoms with Crippen molar-refractivity contribution in [3.05, 3.63) is 23.8 Å². The molecule has 80 valence electrons. The van der Waals surface area contributed by atoms with E-state index in [2.05, 4.69) is 4.40 Å². The Labute approximate surface area is 87.5 Å². The lowest BCUT2D eigenvalue weighted by atomic mass is 10.2. The molecule has 0 aliphatic heterocycles. The molecule has 0 bridgehead atoms. The van der Waals surface area contributed by atoms with Crippen LogP contribution in [0.1, 0.15) is 5.56 Å². The number of rotatable bonds is 3. The maximum Gasteiger partial charge on any atom is 0.292 e. The van der Waals surface area contributed by atoms with E-state index in [1.165, 1.54) is 19.2 Å². The zero-order chi connectivity index (χ0) is 11.5. The van der Waals surface area contributed by atoms with E-state index in [1.54, 1.807) is 13.0 Å². The zero-order valence-electron chi connectivity index (χ0n) is 8.22. The van der Waals surface area contributed by atoms with Crippen LogP contribution < -0.4 is 4.74 Å². The van der Waals surface area contributed by atoms with Crippen molar-refractivity contribution in [2.75, 3.05) is 7.11 Å². The minimum absolute atomic E-state index is 0.0216. The Morgan fingerprint density at radius 1 is 1.40 bits per heavy atom. The van der Waals surface area contributed by atoms with Crippen molar-refractivity contribution in [1.82, 2.24) is 0 Å². The van der Waals surface area contributed by atoms with Crippen LogP contribution >= 0.6 is 0 Å². The van der Waals surface area contributed by atoms with Crippen LogP contribution in [0.4, 0.5) is 0 Å². The van der Waals surface area contributed by atoms with Gasteiger partial charge in [0, 0.05) is 0 Å². The molecule has 0 saturated heterocycles. The third kappa shape index (κ3) is 2.43. The smallest absolute Gasteiger partial charge is 0.292 e. The van der Waals surface area contributed by atoms with Gasteiger partial charge in [0.2, 0.25) is 0 Å². The highest BCUT2D eigenvalue weighted by Gasteiger charge is 2.15. The van der Waals surface area contributed by atoms with Crippen molar-refractivity contribution in [1.29, 1.82) is 0 Å². The molecule has 0 spiro atoms. The standard InChI is InChI=1S/C9H9NO4S/c1-7-5-8(14-2)3-4-9(7)15(12,13)10-6-11/h3-5H,1-2H3. The fourth-order valence-electron chi connectivity index (χ4n) is 1.14. The van der Waals surface area contributed by atoms with Gasteiger partial charge in [-0.05, 0) is 30.7 Å². The zero-order valence-corrected chi connectivity index (χ0v) is 9.04. The molecule has 0 atom stereocenters. The van der Waals surface area contributed by atoms with Crippen LogP contribution in [0.2, 0.25) is 0 Å². The molecular formula is C9H9NO4S. The molecule has 5 nitrogen and oxygen atoms in total. The number of sulfonamides is 1. The molecule has 1 aromatic rings. The van der Waals surface area contributed by atoms with Gasteiger partial charge in [-0.2, -0.15) is 8.42 Å². The number of hydrogen-bond donors (Lipinski definition) is 0. The van der Waals surface area contributed by atoms with E-state index in [1.807, 2.05) is 0 Å². The molecule has 1 aromatic carbocycles. The minimum atomic E-state index is -3.92. The Hall–Kier alpha value is -1.65. The van der Waals surface area contributed by atoms with E-state index in [4.69, 9.17) is 4.74 Å². The molecule has 15 heavy (non-hydrogen) atoms. The topological polar surface area (TPSA) is 72.8 Å². The summed E-state index contributed by atoms with van der Waals surface area (Å²) in [6.45, 7) is 1.59. The summed E-state index contributed by atoms with van der Waals surface area (Å²) in [6, 6.07) is 4.37. The maximum atomic E-state index is 11.4. The van der Waals surface area contributed by atoms with E-state index in [9.17, 15) is 13.2 Å². The lowest BCUT2D eigenvalue weighted by Gasteiger charge is -2.04. The third-order valence-corrected chi connectivity index (χ3v) is 3.15. The average molecular weight is 227 g/mol. The normalized spacial score (nSPS) is 10.5. The molecular weight excluding hydrogens is 218 g/mol. The SMILES string of the molecule is COc1ccc(S(=O)(=O)N=C=O)c(C)c1. The van der Waals surface area contributed by atoms with Crippen molar-refractivity contribution >= 4 is 16.1 Å². The van der Waals surface area contributed by atoms with E-state index in [-0.39, 0.29) is 4.90 Å². The van der Waals surface area contributed by atoms with Gasteiger partial charge in [0.25, 0.3) is 16.1 Å². The Kier molecular flexibility index (Phi) is 3.24. The predicted octanol–water partition coefficient (Wildman–Crippen LogP) is 1.03. The van der Waals surface area contributed by atoms with Crippen molar-refractivity contribution in [3.8, 4) is 5.75 Å². The van der Waals surface area contributed by atoms with Crippen LogP contribution in [0.25, 0.3) is 0 Å². The Bertz CT molecular complexity index is 515. The van der Waals surface area contributed by atoms with Crippen molar-refractivity contribution in [3.63, 3.8) is 0 Å². The first-order valence-corrected chi connectivity index (χ1v) is 5.44. The van der Waals surface area contributed by atoms with Crippen molar-refractivity contribution < 1.29 is 17.9 Å². The summed E-state index contributed by atoms with van der Waals surface area (Å²) in [5.41, 5.74) is 0.466. The van der Waals surface area contributed by atoms with Gasteiger partial charge in [0.05, 0.1) is 12.0 Å². The van der Waals surface area contributed by atoms with Crippen LogP contribution in [-0.4, -0.2) is 21.6 Å². The van der Waals surface area contributed by atoms with E-state index >= 15 is 0 Å². The van der Waals surface area contributed by atoms with Crippen LogP contribution in [0.5, 0.6) is 5.75 Å². The molecule has 0 fully saturated rings. The third-order valence-electron chi connectivity index (χ3n) is 1.82. The van der Waals surface area contributed by atoms with Gasteiger partial charge < -0.3 is 4.74 Å². The van der Waals surface area contributed by atoms with Crippen LogP contribution in [0, 0.1) is 6.92 Å².